The zero-order valence-electron chi connectivity index (χ0n) is 11.8. The number of aryl methyl sites for hydroxylation is 1. The predicted molar refractivity (Wildman–Crippen MR) is 79.3 cm³/mol. The Balaban J connectivity index is 1.86. The Morgan fingerprint density at radius 2 is 2.06 bits per heavy atom. The highest BCUT2D eigenvalue weighted by molar-refractivity contribution is 5.47. The van der Waals surface area contributed by atoms with Crippen LogP contribution in [-0.4, -0.2) is 26.2 Å². The van der Waals surface area contributed by atoms with Gasteiger partial charge in [0.25, 0.3) is 0 Å². The van der Waals surface area contributed by atoms with Crippen molar-refractivity contribution in [1.29, 1.82) is 0 Å². The van der Waals surface area contributed by atoms with Crippen LogP contribution in [0.15, 0.2) is 24.3 Å². The van der Waals surface area contributed by atoms with Crippen molar-refractivity contribution in [2.24, 2.45) is 5.92 Å². The number of hydrogen-bond donors (Lipinski definition) is 1. The monoisotopic (exact) mass is 246 g/mol. The van der Waals surface area contributed by atoms with E-state index in [9.17, 15) is 0 Å². The minimum atomic E-state index is 0.873. The van der Waals surface area contributed by atoms with Crippen LogP contribution in [0, 0.1) is 12.8 Å². The van der Waals surface area contributed by atoms with Crippen molar-refractivity contribution >= 4 is 5.69 Å². The first-order chi connectivity index (χ1) is 8.79. The average Bonchev–Trinajstić information content (AvgIpc) is 2.42. The van der Waals surface area contributed by atoms with Gasteiger partial charge in [0.15, 0.2) is 0 Å². The highest BCUT2D eigenvalue weighted by Gasteiger charge is 2.14. The van der Waals surface area contributed by atoms with Gasteiger partial charge >= 0.3 is 0 Å². The van der Waals surface area contributed by atoms with Crippen LogP contribution in [0.25, 0.3) is 0 Å². The van der Waals surface area contributed by atoms with E-state index in [1.807, 2.05) is 0 Å². The first-order valence-electron chi connectivity index (χ1n) is 7.32. The van der Waals surface area contributed by atoms with Gasteiger partial charge in [0.05, 0.1) is 0 Å². The summed E-state index contributed by atoms with van der Waals surface area (Å²) in [4.78, 5) is 2.49. The van der Waals surface area contributed by atoms with Gasteiger partial charge in [-0.1, -0.05) is 17.7 Å². The minimum Gasteiger partial charge on any atom is -0.372 e. The van der Waals surface area contributed by atoms with Gasteiger partial charge in [-0.3, -0.25) is 0 Å². The fourth-order valence-corrected chi connectivity index (χ4v) is 2.73. The van der Waals surface area contributed by atoms with Crippen LogP contribution in [0.4, 0.5) is 5.69 Å². The Kier molecular flexibility index (Phi) is 5.06. The molecule has 18 heavy (non-hydrogen) atoms. The lowest BCUT2D eigenvalue weighted by atomic mass is 9.96. The summed E-state index contributed by atoms with van der Waals surface area (Å²) in [6, 6.07) is 8.91. The summed E-state index contributed by atoms with van der Waals surface area (Å²) in [6.07, 6.45) is 4.06. The number of benzene rings is 1. The molecule has 1 unspecified atom stereocenters. The number of nitrogens with zero attached hydrogens (tertiary/aromatic N) is 1. The van der Waals surface area contributed by atoms with Gasteiger partial charge in [-0.05, 0) is 64.3 Å². The molecule has 0 bridgehead atoms. The van der Waals surface area contributed by atoms with Gasteiger partial charge in [-0.15, -0.1) is 0 Å². The molecule has 1 atom stereocenters. The molecule has 0 aromatic heterocycles. The first kappa shape index (κ1) is 13.4. The van der Waals surface area contributed by atoms with Crippen LogP contribution >= 0.6 is 0 Å². The van der Waals surface area contributed by atoms with Gasteiger partial charge in [-0.25, -0.2) is 0 Å². The Labute approximate surface area is 111 Å². The summed E-state index contributed by atoms with van der Waals surface area (Å²) in [6.45, 7) is 9.11. The second kappa shape index (κ2) is 6.79. The number of rotatable bonds is 5. The quantitative estimate of drug-likeness (QED) is 0.858. The van der Waals surface area contributed by atoms with Crippen molar-refractivity contribution in [3.05, 3.63) is 29.8 Å². The second-order valence-corrected chi connectivity index (χ2v) is 5.42. The summed E-state index contributed by atoms with van der Waals surface area (Å²) >= 11 is 0. The van der Waals surface area contributed by atoms with E-state index in [2.05, 4.69) is 48.3 Å². The Morgan fingerprint density at radius 3 is 2.67 bits per heavy atom. The molecular formula is C16H26N2. The summed E-state index contributed by atoms with van der Waals surface area (Å²) < 4.78 is 0. The molecule has 0 amide bonds. The van der Waals surface area contributed by atoms with Crippen molar-refractivity contribution in [2.75, 3.05) is 31.1 Å². The molecule has 0 spiro atoms. The fraction of sp³-hybridized carbons (Fsp3) is 0.625. The molecule has 0 aliphatic carbocycles. The van der Waals surface area contributed by atoms with E-state index in [4.69, 9.17) is 0 Å². The van der Waals surface area contributed by atoms with Crippen LogP contribution in [-0.2, 0) is 0 Å². The number of anilines is 1. The third kappa shape index (κ3) is 3.74. The smallest absolute Gasteiger partial charge is 0.0366 e. The third-order valence-electron chi connectivity index (χ3n) is 3.99. The molecule has 1 N–H and O–H groups in total. The highest BCUT2D eigenvalue weighted by atomic mass is 15.1. The van der Waals surface area contributed by atoms with Crippen LogP contribution in [0.3, 0.4) is 0 Å². The summed E-state index contributed by atoms with van der Waals surface area (Å²) in [5.41, 5.74) is 2.71. The topological polar surface area (TPSA) is 15.3 Å². The van der Waals surface area contributed by atoms with Gasteiger partial charge in [-0.2, -0.15) is 0 Å². The number of piperidine rings is 1. The molecule has 1 aliphatic rings. The van der Waals surface area contributed by atoms with Crippen LogP contribution < -0.4 is 10.2 Å². The molecule has 2 heteroatoms. The third-order valence-corrected chi connectivity index (χ3v) is 3.99. The second-order valence-electron chi connectivity index (χ2n) is 5.42. The summed E-state index contributed by atoms with van der Waals surface area (Å²) in [5, 5.41) is 3.51. The highest BCUT2D eigenvalue weighted by Crippen LogP contribution is 2.19. The largest absolute Gasteiger partial charge is 0.372 e. The van der Waals surface area contributed by atoms with E-state index in [-0.39, 0.29) is 0 Å². The van der Waals surface area contributed by atoms with E-state index in [1.165, 1.54) is 50.1 Å². The molecule has 100 valence electrons. The number of hydrogen-bond acceptors (Lipinski definition) is 2. The molecule has 2 nitrogen and oxygen atoms in total. The molecule has 1 fully saturated rings. The summed E-state index contributed by atoms with van der Waals surface area (Å²) in [5.74, 6) is 0.873. The van der Waals surface area contributed by atoms with Gasteiger partial charge in [0.1, 0.15) is 0 Å². The zero-order chi connectivity index (χ0) is 12.8. The maximum atomic E-state index is 3.51. The molecule has 2 rings (SSSR count). The van der Waals surface area contributed by atoms with Gasteiger partial charge < -0.3 is 10.2 Å². The first-order valence-corrected chi connectivity index (χ1v) is 7.32. The van der Waals surface area contributed by atoms with Crippen molar-refractivity contribution < 1.29 is 0 Å². The molecule has 1 heterocycles. The molecule has 0 radical (unpaired) electrons. The Bertz CT molecular complexity index is 339. The SMILES string of the molecule is CCN(CCC1CCCNC1)c1ccc(C)cc1. The minimum absolute atomic E-state index is 0.873. The lowest BCUT2D eigenvalue weighted by Crippen LogP contribution is -2.33. The van der Waals surface area contributed by atoms with Crippen molar-refractivity contribution in [2.45, 2.75) is 33.1 Å². The molecule has 1 aromatic rings. The maximum absolute atomic E-state index is 3.51. The lowest BCUT2D eigenvalue weighted by Gasteiger charge is -2.28. The van der Waals surface area contributed by atoms with E-state index >= 15 is 0 Å². The van der Waals surface area contributed by atoms with Crippen molar-refractivity contribution in [3.8, 4) is 0 Å². The Hall–Kier alpha value is -1.02. The van der Waals surface area contributed by atoms with E-state index in [0.717, 1.165) is 12.5 Å². The van der Waals surface area contributed by atoms with Gasteiger partial charge in [0, 0.05) is 18.8 Å². The standard InChI is InChI=1S/C16H26N2/c1-3-18(16-8-6-14(2)7-9-16)12-10-15-5-4-11-17-13-15/h6-9,15,17H,3-5,10-13H2,1-2H3. The predicted octanol–water partition coefficient (Wildman–Crippen LogP) is 3.21. The molecule has 1 aromatic carbocycles. The van der Waals surface area contributed by atoms with Crippen LogP contribution in [0.1, 0.15) is 31.7 Å². The lowest BCUT2D eigenvalue weighted by molar-refractivity contribution is 0.359. The van der Waals surface area contributed by atoms with Crippen LogP contribution in [0.5, 0.6) is 0 Å². The molecular weight excluding hydrogens is 220 g/mol. The molecule has 0 saturated carbocycles. The van der Waals surface area contributed by atoms with Gasteiger partial charge in [0.2, 0.25) is 0 Å². The van der Waals surface area contributed by atoms with Crippen LogP contribution in [0.2, 0.25) is 0 Å². The van der Waals surface area contributed by atoms with Crippen molar-refractivity contribution in [1.82, 2.24) is 5.32 Å². The van der Waals surface area contributed by atoms with E-state index in [1.54, 1.807) is 0 Å². The van der Waals surface area contributed by atoms with E-state index < -0.39 is 0 Å². The summed E-state index contributed by atoms with van der Waals surface area (Å²) in [7, 11) is 0. The zero-order valence-corrected chi connectivity index (χ0v) is 11.8. The fourth-order valence-electron chi connectivity index (χ4n) is 2.73. The normalized spacial score (nSPS) is 19.8. The van der Waals surface area contributed by atoms with Crippen molar-refractivity contribution in [3.63, 3.8) is 0 Å². The van der Waals surface area contributed by atoms with E-state index in [0.29, 0.717) is 0 Å². The molecule has 1 aliphatic heterocycles. The number of nitrogens with one attached hydrogen (secondary N) is 1. The average molecular weight is 246 g/mol. The molecule has 1 saturated heterocycles. The Morgan fingerprint density at radius 1 is 1.28 bits per heavy atom. The maximum Gasteiger partial charge on any atom is 0.0366 e.